The van der Waals surface area contributed by atoms with Gasteiger partial charge in [0, 0.05) is 50.4 Å². The van der Waals surface area contributed by atoms with E-state index in [0.717, 1.165) is 95.2 Å². The van der Waals surface area contributed by atoms with Crippen LogP contribution in [0.25, 0.3) is 76.9 Å². The fourth-order valence-electron chi connectivity index (χ4n) is 10.5. The normalized spacial score (nSPS) is 12.0. The maximum absolute atomic E-state index is 7.00. The lowest BCUT2D eigenvalue weighted by Gasteiger charge is -2.29. The number of furan rings is 1. The third kappa shape index (κ3) is 7.05. The summed E-state index contributed by atoms with van der Waals surface area (Å²) < 4.78 is 13.7. The molecule has 4 nitrogen and oxygen atoms in total. The highest BCUT2D eigenvalue weighted by Gasteiger charge is 2.27. The SMILES string of the molecule is C[Si](C)(C)c1ccc(N(c2ccccc2)c2ccc(-c3ccc4cc5c6c(cccc6c4c3)Oc3cc(N(c4ccccc4-c4ccccc4)c4cccc6c4oc4ccccc46)ccc3-5)cc2)cc1. The summed E-state index contributed by atoms with van der Waals surface area (Å²) in [7, 11) is -1.43. The smallest absolute Gasteiger partial charge is 0.159 e. The van der Waals surface area contributed by atoms with E-state index in [-0.39, 0.29) is 0 Å². The molecular weight excluding hydrogens is 869 g/mol. The molecule has 0 unspecified atom stereocenters. The molecule has 0 aliphatic carbocycles. The first-order valence-electron chi connectivity index (χ1n) is 24.1. The van der Waals surface area contributed by atoms with Gasteiger partial charge in [0.05, 0.1) is 25.1 Å². The molecule has 0 amide bonds. The van der Waals surface area contributed by atoms with Gasteiger partial charge in [-0.1, -0.05) is 170 Å². The van der Waals surface area contributed by atoms with Crippen molar-refractivity contribution in [2.45, 2.75) is 19.6 Å². The van der Waals surface area contributed by atoms with Crippen molar-refractivity contribution in [3.63, 3.8) is 0 Å². The van der Waals surface area contributed by atoms with Crippen LogP contribution in [0.5, 0.6) is 11.5 Å². The molecule has 0 atom stereocenters. The van der Waals surface area contributed by atoms with Crippen molar-refractivity contribution in [1.82, 2.24) is 0 Å². The van der Waals surface area contributed by atoms with Gasteiger partial charge in [0.15, 0.2) is 5.58 Å². The Kier molecular flexibility index (Phi) is 9.82. The highest BCUT2D eigenvalue weighted by molar-refractivity contribution is 6.88. The number of nitrogens with zero attached hydrogens (tertiary/aromatic N) is 2. The molecule has 0 saturated heterocycles. The fourth-order valence-corrected chi connectivity index (χ4v) is 11.7. The number of ether oxygens (including phenoxy) is 1. The molecule has 0 spiro atoms. The minimum absolute atomic E-state index is 0.809. The molecule has 70 heavy (non-hydrogen) atoms. The van der Waals surface area contributed by atoms with Crippen LogP contribution < -0.4 is 19.7 Å². The Morgan fingerprint density at radius 3 is 1.79 bits per heavy atom. The third-order valence-electron chi connectivity index (χ3n) is 14.0. The molecule has 0 fully saturated rings. The average Bonchev–Trinajstić information content (AvgIpc) is 3.79. The van der Waals surface area contributed by atoms with Crippen LogP contribution in [-0.2, 0) is 0 Å². The molecule has 0 saturated carbocycles. The summed E-state index contributed by atoms with van der Waals surface area (Å²) in [5.74, 6) is 1.66. The maximum atomic E-state index is 7.00. The van der Waals surface area contributed by atoms with Gasteiger partial charge in [-0.2, -0.15) is 0 Å². The van der Waals surface area contributed by atoms with Gasteiger partial charge in [-0.3, -0.25) is 0 Å². The number of benzene rings is 11. The highest BCUT2D eigenvalue weighted by atomic mass is 28.3. The van der Waals surface area contributed by atoms with E-state index in [1.807, 2.05) is 12.1 Å². The monoisotopic (exact) mass is 916 g/mol. The number of rotatable bonds is 9. The standard InChI is InChI=1S/C65H48N2O2Si/c1-70(2,3)51-37-34-49(35-38-51)66(47-18-8-5-9-19-47)48-32-30-43(31-33-48)45-28-29-46-41-58-54-39-36-50(42-63(54)68-62-27-15-22-55(64(58)62)57(46)40-45)67(59-24-12-10-20-52(59)44-16-6-4-7-17-44)60-25-14-23-56-53-21-11-13-26-61(53)69-65(56)60/h4-42H,1-3H3. The minimum atomic E-state index is -1.43. The average molecular weight is 917 g/mol. The summed E-state index contributed by atoms with van der Waals surface area (Å²) in [5.41, 5.74) is 14.9. The molecule has 0 radical (unpaired) electrons. The van der Waals surface area contributed by atoms with Crippen LogP contribution in [0.2, 0.25) is 19.6 Å². The van der Waals surface area contributed by atoms with Gasteiger partial charge in [0.1, 0.15) is 17.1 Å². The van der Waals surface area contributed by atoms with Crippen LogP contribution in [0.4, 0.5) is 34.1 Å². The molecule has 1 aliphatic rings. The molecule has 2 heterocycles. The largest absolute Gasteiger partial charge is 0.456 e. The van der Waals surface area contributed by atoms with Crippen LogP contribution >= 0.6 is 0 Å². The summed E-state index contributed by atoms with van der Waals surface area (Å²) in [6, 6.07) is 85.1. The Morgan fingerprint density at radius 2 is 0.986 bits per heavy atom. The zero-order chi connectivity index (χ0) is 46.9. The first-order valence-corrected chi connectivity index (χ1v) is 27.6. The molecule has 11 aromatic carbocycles. The molecule has 5 heteroatoms. The van der Waals surface area contributed by atoms with Crippen LogP contribution in [-0.4, -0.2) is 8.07 Å². The molecule has 0 bridgehead atoms. The molecule has 1 aromatic heterocycles. The van der Waals surface area contributed by atoms with Gasteiger partial charge in [0.2, 0.25) is 0 Å². The van der Waals surface area contributed by atoms with Crippen molar-refractivity contribution < 1.29 is 9.15 Å². The van der Waals surface area contributed by atoms with Crippen molar-refractivity contribution in [3.8, 4) is 44.9 Å². The van der Waals surface area contributed by atoms with Gasteiger partial charge < -0.3 is 19.0 Å². The fraction of sp³-hybridized carbons (Fsp3) is 0.0462. The number of para-hydroxylation sites is 4. The van der Waals surface area contributed by atoms with Gasteiger partial charge in [-0.15, -0.1) is 0 Å². The summed E-state index contributed by atoms with van der Waals surface area (Å²) in [5, 5.41) is 8.30. The summed E-state index contributed by atoms with van der Waals surface area (Å²) in [4.78, 5) is 4.67. The summed E-state index contributed by atoms with van der Waals surface area (Å²) in [6.07, 6.45) is 0. The number of hydrogen-bond acceptors (Lipinski definition) is 4. The zero-order valence-electron chi connectivity index (χ0n) is 39.2. The maximum Gasteiger partial charge on any atom is 0.159 e. The highest BCUT2D eigenvalue weighted by Crippen LogP contribution is 2.52. The molecule has 0 N–H and O–H groups in total. The molecule has 1 aliphatic heterocycles. The number of hydrogen-bond donors (Lipinski definition) is 0. The van der Waals surface area contributed by atoms with E-state index in [2.05, 4.69) is 254 Å². The van der Waals surface area contributed by atoms with E-state index >= 15 is 0 Å². The van der Waals surface area contributed by atoms with E-state index in [0.29, 0.717) is 0 Å². The lowest BCUT2D eigenvalue weighted by atomic mass is 9.89. The molecular formula is C65H48N2O2Si. The van der Waals surface area contributed by atoms with Crippen LogP contribution in [0.3, 0.4) is 0 Å². The van der Waals surface area contributed by atoms with Crippen LogP contribution in [0.15, 0.2) is 241 Å². The Labute approximate surface area is 408 Å². The van der Waals surface area contributed by atoms with Crippen LogP contribution in [0.1, 0.15) is 0 Å². The van der Waals surface area contributed by atoms with Crippen molar-refractivity contribution in [2.24, 2.45) is 0 Å². The summed E-state index contributed by atoms with van der Waals surface area (Å²) in [6.45, 7) is 7.19. The quantitative estimate of drug-likeness (QED) is 0.107. The van der Waals surface area contributed by atoms with Crippen molar-refractivity contribution in [2.75, 3.05) is 9.80 Å². The minimum Gasteiger partial charge on any atom is -0.456 e. The first-order chi connectivity index (χ1) is 34.3. The van der Waals surface area contributed by atoms with Gasteiger partial charge in [0.25, 0.3) is 0 Å². The van der Waals surface area contributed by atoms with Gasteiger partial charge >= 0.3 is 0 Å². The van der Waals surface area contributed by atoms with Gasteiger partial charge in [-0.05, 0) is 123 Å². The summed E-state index contributed by atoms with van der Waals surface area (Å²) >= 11 is 0. The predicted molar refractivity (Wildman–Crippen MR) is 297 cm³/mol. The number of anilines is 6. The second-order valence-electron chi connectivity index (χ2n) is 19.3. The van der Waals surface area contributed by atoms with E-state index in [4.69, 9.17) is 9.15 Å². The Balaban J connectivity index is 0.897. The zero-order valence-corrected chi connectivity index (χ0v) is 40.2. The Hall–Kier alpha value is -8.64. The van der Waals surface area contributed by atoms with Crippen molar-refractivity contribution in [3.05, 3.63) is 237 Å². The first kappa shape index (κ1) is 41.5. The number of fused-ring (bicyclic) bond motifs is 7. The Morgan fingerprint density at radius 1 is 0.357 bits per heavy atom. The van der Waals surface area contributed by atoms with E-state index in [1.54, 1.807) is 0 Å². The predicted octanol–water partition coefficient (Wildman–Crippen LogP) is 18.5. The molecule has 334 valence electrons. The second kappa shape index (κ2) is 16.5. The second-order valence-corrected chi connectivity index (χ2v) is 24.4. The molecule has 13 rings (SSSR count). The third-order valence-corrected chi connectivity index (χ3v) is 16.1. The van der Waals surface area contributed by atoms with Crippen molar-refractivity contribution >= 4 is 90.9 Å². The van der Waals surface area contributed by atoms with Crippen molar-refractivity contribution in [1.29, 1.82) is 0 Å². The van der Waals surface area contributed by atoms with E-state index in [9.17, 15) is 0 Å². The van der Waals surface area contributed by atoms with Crippen LogP contribution in [0, 0.1) is 0 Å². The van der Waals surface area contributed by atoms with Gasteiger partial charge in [-0.25, -0.2) is 0 Å². The molecule has 12 aromatic rings. The lowest BCUT2D eigenvalue weighted by molar-refractivity contribution is 0.487. The van der Waals surface area contributed by atoms with E-state index < -0.39 is 8.07 Å². The lowest BCUT2D eigenvalue weighted by Crippen LogP contribution is -2.37. The topological polar surface area (TPSA) is 28.9 Å². The Bertz CT molecular complexity index is 3950. The van der Waals surface area contributed by atoms with E-state index in [1.165, 1.54) is 32.5 Å².